The molecule has 1 aromatic heterocycles. The van der Waals surface area contributed by atoms with Crippen molar-refractivity contribution in [1.82, 2.24) is 9.88 Å². The minimum atomic E-state index is -0.0910. The van der Waals surface area contributed by atoms with Crippen LogP contribution in [0.4, 0.5) is 5.69 Å². The quantitative estimate of drug-likeness (QED) is 0.698. The van der Waals surface area contributed by atoms with Crippen LogP contribution >= 0.6 is 0 Å². The predicted octanol–water partition coefficient (Wildman–Crippen LogP) is 1.49. The molecule has 0 unspecified atom stereocenters. The van der Waals surface area contributed by atoms with E-state index in [9.17, 15) is 4.79 Å². The van der Waals surface area contributed by atoms with Gasteiger partial charge in [-0.2, -0.15) is 0 Å². The fourth-order valence-corrected chi connectivity index (χ4v) is 1.89. The highest BCUT2D eigenvalue weighted by Gasteiger charge is 2.18. The van der Waals surface area contributed by atoms with Gasteiger partial charge in [0.1, 0.15) is 0 Å². The topological polar surface area (TPSA) is 77.7 Å². The highest BCUT2D eigenvalue weighted by molar-refractivity contribution is 5.96. The first-order valence-electron chi connectivity index (χ1n) is 7.27. The van der Waals surface area contributed by atoms with E-state index < -0.39 is 0 Å². The Bertz CT molecular complexity index is 442. The minimum Gasteiger partial charge on any atom is -0.397 e. The number of nitrogen functional groups attached to an aromatic ring is 1. The third-order valence-corrected chi connectivity index (χ3v) is 3.05. The fourth-order valence-electron chi connectivity index (χ4n) is 1.89. The van der Waals surface area contributed by atoms with Gasteiger partial charge in [0.15, 0.2) is 0 Å². The van der Waals surface area contributed by atoms with Crippen LogP contribution in [0.2, 0.25) is 0 Å². The number of pyridine rings is 1. The maximum Gasteiger partial charge on any atom is 0.255 e. The number of nitrogens with two attached hydrogens (primary N) is 1. The van der Waals surface area contributed by atoms with Gasteiger partial charge in [-0.05, 0) is 26.8 Å². The highest BCUT2D eigenvalue weighted by atomic mass is 16.5. The van der Waals surface area contributed by atoms with E-state index in [2.05, 4.69) is 4.98 Å². The van der Waals surface area contributed by atoms with E-state index >= 15 is 0 Å². The second-order valence-electron chi connectivity index (χ2n) is 4.59. The van der Waals surface area contributed by atoms with E-state index in [1.54, 1.807) is 24.1 Å². The van der Waals surface area contributed by atoms with Crippen molar-refractivity contribution in [2.24, 2.45) is 0 Å². The van der Waals surface area contributed by atoms with Gasteiger partial charge in [-0.15, -0.1) is 0 Å². The Labute approximate surface area is 126 Å². The van der Waals surface area contributed by atoms with E-state index in [0.717, 1.165) is 0 Å². The Hall–Kier alpha value is -1.66. The van der Waals surface area contributed by atoms with E-state index in [1.807, 2.05) is 13.8 Å². The van der Waals surface area contributed by atoms with E-state index in [1.165, 1.54) is 0 Å². The molecular formula is C15H25N3O3. The molecule has 21 heavy (non-hydrogen) atoms. The van der Waals surface area contributed by atoms with Crippen LogP contribution < -0.4 is 5.73 Å². The number of carbonyl (C=O) groups is 1. The molecule has 0 fully saturated rings. The molecular weight excluding hydrogens is 270 g/mol. The van der Waals surface area contributed by atoms with Gasteiger partial charge >= 0.3 is 0 Å². The molecule has 6 heteroatoms. The number of nitrogens with zero attached hydrogens (tertiary/aromatic N) is 2. The number of carbonyl (C=O) groups excluding carboxylic acids is 1. The summed E-state index contributed by atoms with van der Waals surface area (Å²) >= 11 is 0. The SMILES string of the molecule is CCOCCN(CCOCC)C(=O)c1cc(N)cnc1C. The number of aryl methyl sites for hydroxylation is 1. The zero-order valence-corrected chi connectivity index (χ0v) is 13.1. The molecule has 0 aliphatic carbocycles. The maximum atomic E-state index is 12.6. The summed E-state index contributed by atoms with van der Waals surface area (Å²) in [5.41, 5.74) is 7.41. The molecule has 0 aliphatic rings. The number of aromatic nitrogens is 1. The van der Waals surface area contributed by atoms with Crippen molar-refractivity contribution in [3.8, 4) is 0 Å². The second-order valence-corrected chi connectivity index (χ2v) is 4.59. The van der Waals surface area contributed by atoms with Crippen molar-refractivity contribution in [2.45, 2.75) is 20.8 Å². The van der Waals surface area contributed by atoms with E-state index in [4.69, 9.17) is 15.2 Å². The van der Waals surface area contributed by atoms with Crippen molar-refractivity contribution < 1.29 is 14.3 Å². The lowest BCUT2D eigenvalue weighted by Crippen LogP contribution is -2.37. The predicted molar refractivity (Wildman–Crippen MR) is 82.3 cm³/mol. The average Bonchev–Trinajstić information content (AvgIpc) is 2.48. The molecule has 0 saturated heterocycles. The smallest absolute Gasteiger partial charge is 0.255 e. The van der Waals surface area contributed by atoms with Crippen molar-refractivity contribution in [1.29, 1.82) is 0 Å². The molecule has 0 saturated carbocycles. The van der Waals surface area contributed by atoms with Crippen LogP contribution in [0.15, 0.2) is 12.3 Å². The second kappa shape index (κ2) is 9.31. The third-order valence-electron chi connectivity index (χ3n) is 3.05. The van der Waals surface area contributed by atoms with E-state index in [-0.39, 0.29) is 5.91 Å². The molecule has 118 valence electrons. The molecule has 2 N–H and O–H groups in total. The molecule has 1 rings (SSSR count). The monoisotopic (exact) mass is 295 g/mol. The number of ether oxygens (including phenoxy) is 2. The van der Waals surface area contributed by atoms with Crippen molar-refractivity contribution in [3.63, 3.8) is 0 Å². The molecule has 0 radical (unpaired) electrons. The summed E-state index contributed by atoms with van der Waals surface area (Å²) in [4.78, 5) is 18.5. The standard InChI is InChI=1S/C15H25N3O3/c1-4-20-8-6-18(7-9-21-5-2)15(19)14-10-13(16)11-17-12(14)3/h10-11H,4-9,16H2,1-3H3. The number of anilines is 1. The summed E-state index contributed by atoms with van der Waals surface area (Å²) in [6.45, 7) is 8.97. The van der Waals surface area contributed by atoms with Gasteiger partial charge in [-0.1, -0.05) is 0 Å². The minimum absolute atomic E-state index is 0.0910. The lowest BCUT2D eigenvalue weighted by molar-refractivity contribution is 0.0549. The largest absolute Gasteiger partial charge is 0.397 e. The number of hydrogen-bond acceptors (Lipinski definition) is 5. The number of amides is 1. The molecule has 0 spiro atoms. The normalized spacial score (nSPS) is 10.6. The molecule has 0 aromatic carbocycles. The highest BCUT2D eigenvalue weighted by Crippen LogP contribution is 2.12. The van der Waals surface area contributed by atoms with Gasteiger partial charge in [-0.3, -0.25) is 9.78 Å². The van der Waals surface area contributed by atoms with E-state index in [0.29, 0.717) is 56.5 Å². The summed E-state index contributed by atoms with van der Waals surface area (Å²) in [6.07, 6.45) is 1.55. The van der Waals surface area contributed by atoms with Crippen LogP contribution in [0.25, 0.3) is 0 Å². The lowest BCUT2D eigenvalue weighted by atomic mass is 10.1. The molecule has 0 atom stereocenters. The Kier molecular flexibility index (Phi) is 7.71. The summed E-state index contributed by atoms with van der Waals surface area (Å²) < 4.78 is 10.7. The molecule has 1 amide bonds. The summed E-state index contributed by atoms with van der Waals surface area (Å²) in [6, 6.07) is 1.67. The van der Waals surface area contributed by atoms with Gasteiger partial charge in [0.25, 0.3) is 5.91 Å². The van der Waals surface area contributed by atoms with Gasteiger partial charge in [0.05, 0.1) is 36.4 Å². The van der Waals surface area contributed by atoms with Crippen molar-refractivity contribution in [2.75, 3.05) is 45.3 Å². The van der Waals surface area contributed by atoms with Crippen LogP contribution in [0, 0.1) is 6.92 Å². The van der Waals surface area contributed by atoms with Gasteiger partial charge in [0, 0.05) is 26.3 Å². The average molecular weight is 295 g/mol. The summed E-state index contributed by atoms with van der Waals surface area (Å²) in [7, 11) is 0. The van der Waals surface area contributed by atoms with Crippen molar-refractivity contribution in [3.05, 3.63) is 23.5 Å². The fraction of sp³-hybridized carbons (Fsp3) is 0.600. The van der Waals surface area contributed by atoms with Crippen LogP contribution in [-0.4, -0.2) is 55.3 Å². The molecule has 1 heterocycles. The molecule has 0 bridgehead atoms. The lowest BCUT2D eigenvalue weighted by Gasteiger charge is -2.23. The molecule has 6 nitrogen and oxygen atoms in total. The van der Waals surface area contributed by atoms with Crippen LogP contribution in [-0.2, 0) is 9.47 Å². The van der Waals surface area contributed by atoms with Crippen molar-refractivity contribution >= 4 is 11.6 Å². The first-order chi connectivity index (χ1) is 10.1. The number of rotatable bonds is 9. The van der Waals surface area contributed by atoms with Crippen LogP contribution in [0.3, 0.4) is 0 Å². The van der Waals surface area contributed by atoms with Crippen LogP contribution in [0.5, 0.6) is 0 Å². The number of hydrogen-bond donors (Lipinski definition) is 1. The van der Waals surface area contributed by atoms with Gasteiger partial charge in [0.2, 0.25) is 0 Å². The first kappa shape index (κ1) is 17.4. The summed E-state index contributed by atoms with van der Waals surface area (Å²) in [5, 5.41) is 0. The van der Waals surface area contributed by atoms with Gasteiger partial charge in [-0.25, -0.2) is 0 Å². The third kappa shape index (κ3) is 5.69. The zero-order chi connectivity index (χ0) is 15.7. The molecule has 1 aromatic rings. The summed E-state index contributed by atoms with van der Waals surface area (Å²) in [5.74, 6) is -0.0910. The Balaban J connectivity index is 2.79. The van der Waals surface area contributed by atoms with Crippen LogP contribution in [0.1, 0.15) is 29.9 Å². The maximum absolute atomic E-state index is 12.6. The Morgan fingerprint density at radius 2 is 1.81 bits per heavy atom. The molecule has 0 aliphatic heterocycles. The zero-order valence-electron chi connectivity index (χ0n) is 13.1. The Morgan fingerprint density at radius 1 is 1.24 bits per heavy atom. The Morgan fingerprint density at radius 3 is 2.33 bits per heavy atom. The van der Waals surface area contributed by atoms with Gasteiger partial charge < -0.3 is 20.1 Å². The first-order valence-corrected chi connectivity index (χ1v) is 7.27.